The van der Waals surface area contributed by atoms with Crippen molar-refractivity contribution in [1.29, 1.82) is 0 Å². The van der Waals surface area contributed by atoms with Crippen LogP contribution in [0.15, 0.2) is 18.2 Å². The summed E-state index contributed by atoms with van der Waals surface area (Å²) in [7, 11) is 3.17. The molecular weight excluding hydrogens is 428 g/mol. The Kier molecular flexibility index (Phi) is 12.4. The van der Waals surface area contributed by atoms with Gasteiger partial charge < -0.3 is 29.2 Å². The molecule has 6 atom stereocenters. The molecule has 0 saturated carbocycles. The molecule has 0 amide bonds. The van der Waals surface area contributed by atoms with Crippen molar-refractivity contribution in [3.8, 4) is 11.5 Å². The molecule has 0 saturated heterocycles. The highest BCUT2D eigenvalue weighted by Gasteiger charge is 2.34. The number of carboxylic acids is 1. The van der Waals surface area contributed by atoms with Crippen molar-refractivity contribution in [2.24, 2.45) is 23.7 Å². The van der Waals surface area contributed by atoms with E-state index in [2.05, 4.69) is 0 Å². The fourth-order valence-corrected chi connectivity index (χ4v) is 3.94. The average Bonchev–Trinajstić information content (AvgIpc) is 2.81. The first-order valence-corrected chi connectivity index (χ1v) is 11.4. The summed E-state index contributed by atoms with van der Waals surface area (Å²) in [6, 6.07) is 5.47. The topological polar surface area (TPSA) is 112 Å². The van der Waals surface area contributed by atoms with Crippen LogP contribution in [-0.4, -0.2) is 55.2 Å². The molecule has 8 heteroatoms. The van der Waals surface area contributed by atoms with Crippen LogP contribution in [0, 0.1) is 23.7 Å². The van der Waals surface area contributed by atoms with Gasteiger partial charge in [0.2, 0.25) is 0 Å². The van der Waals surface area contributed by atoms with Crippen LogP contribution in [0.4, 0.5) is 0 Å². The summed E-state index contributed by atoms with van der Waals surface area (Å²) >= 11 is 0. The van der Waals surface area contributed by atoms with Crippen molar-refractivity contribution in [2.75, 3.05) is 21.0 Å². The Morgan fingerprint density at radius 2 is 1.70 bits per heavy atom. The molecule has 33 heavy (non-hydrogen) atoms. The van der Waals surface area contributed by atoms with E-state index in [1.165, 1.54) is 0 Å². The van der Waals surface area contributed by atoms with E-state index in [1.54, 1.807) is 41.1 Å². The normalized spacial score (nSPS) is 16.8. The second kappa shape index (κ2) is 14.2. The molecule has 0 heterocycles. The Balaban J connectivity index is 2.61. The highest BCUT2D eigenvalue weighted by Crippen LogP contribution is 2.27. The summed E-state index contributed by atoms with van der Waals surface area (Å²) in [6.45, 7) is 9.09. The second-order valence-corrected chi connectivity index (χ2v) is 8.67. The van der Waals surface area contributed by atoms with Crippen molar-refractivity contribution in [3.63, 3.8) is 0 Å². The summed E-state index contributed by atoms with van der Waals surface area (Å²) in [5, 5.41) is 19.9. The molecule has 0 bridgehead atoms. The maximum atomic E-state index is 12.7. The molecule has 1 rings (SSSR count). The molecule has 0 radical (unpaired) electrons. The standard InChI is InChI=1S/C25H40O8/c1-8-21(33-14-32-13-19-9-10-20(30-6)12-22(19)31-7)17(4)24(27)18(5)23(26)15(2)11-16(3)25(28)29/h9-10,12,15-18,21,24,27H,8,11,13-14H2,1-7H3,(H,28,29)/t15-,16+,17+,18+,21-,24+/m1/s1. The summed E-state index contributed by atoms with van der Waals surface area (Å²) in [6.07, 6.45) is -0.330. The maximum absolute atomic E-state index is 12.7. The summed E-state index contributed by atoms with van der Waals surface area (Å²) in [5.74, 6) is -1.71. The Morgan fingerprint density at radius 3 is 2.24 bits per heavy atom. The molecule has 0 aliphatic carbocycles. The molecular formula is C25H40O8. The van der Waals surface area contributed by atoms with Gasteiger partial charge in [-0.05, 0) is 25.0 Å². The number of ketones is 1. The van der Waals surface area contributed by atoms with E-state index >= 15 is 0 Å². The van der Waals surface area contributed by atoms with Crippen LogP contribution in [0.3, 0.4) is 0 Å². The first kappa shape index (κ1) is 28.9. The number of hydrogen-bond acceptors (Lipinski definition) is 7. The lowest BCUT2D eigenvalue weighted by atomic mass is 9.80. The van der Waals surface area contributed by atoms with Crippen LogP contribution < -0.4 is 9.47 Å². The lowest BCUT2D eigenvalue weighted by molar-refractivity contribution is -0.143. The van der Waals surface area contributed by atoms with Crippen molar-refractivity contribution < 1.29 is 38.7 Å². The van der Waals surface area contributed by atoms with Crippen molar-refractivity contribution in [2.45, 2.75) is 66.3 Å². The summed E-state index contributed by atoms with van der Waals surface area (Å²) in [4.78, 5) is 23.8. The fraction of sp³-hybridized carbons (Fsp3) is 0.680. The summed E-state index contributed by atoms with van der Waals surface area (Å²) in [5.41, 5.74) is 0.854. The Hall–Kier alpha value is -2.16. The highest BCUT2D eigenvalue weighted by molar-refractivity contribution is 5.84. The minimum Gasteiger partial charge on any atom is -0.497 e. The number of carbonyl (C=O) groups excluding carboxylic acids is 1. The third kappa shape index (κ3) is 8.61. The SMILES string of the molecule is CC[C@@H](OCOCc1ccc(OC)cc1OC)[C@H](C)[C@H](O)[C@@H](C)C(=O)[C@H](C)C[C@H](C)C(=O)O. The predicted octanol–water partition coefficient (Wildman–Crippen LogP) is 3.92. The van der Waals surface area contributed by atoms with E-state index < -0.39 is 29.8 Å². The first-order chi connectivity index (χ1) is 15.6. The van der Waals surface area contributed by atoms with Crippen LogP contribution >= 0.6 is 0 Å². The Labute approximate surface area is 197 Å². The van der Waals surface area contributed by atoms with Gasteiger partial charge in [0.1, 0.15) is 24.1 Å². The van der Waals surface area contributed by atoms with E-state index in [1.807, 2.05) is 26.0 Å². The minimum atomic E-state index is -0.928. The van der Waals surface area contributed by atoms with Crippen molar-refractivity contribution in [3.05, 3.63) is 23.8 Å². The van der Waals surface area contributed by atoms with E-state index in [9.17, 15) is 14.7 Å². The molecule has 2 N–H and O–H groups in total. The second-order valence-electron chi connectivity index (χ2n) is 8.67. The number of benzene rings is 1. The first-order valence-electron chi connectivity index (χ1n) is 11.4. The predicted molar refractivity (Wildman–Crippen MR) is 124 cm³/mol. The number of rotatable bonds is 16. The van der Waals surface area contributed by atoms with Crippen LogP contribution in [0.1, 0.15) is 53.0 Å². The van der Waals surface area contributed by atoms with Gasteiger partial charge in [-0.15, -0.1) is 0 Å². The molecule has 0 aliphatic rings. The number of aliphatic hydroxyl groups excluding tert-OH is 1. The van der Waals surface area contributed by atoms with Crippen LogP contribution in [0.2, 0.25) is 0 Å². The van der Waals surface area contributed by atoms with Gasteiger partial charge in [0.25, 0.3) is 0 Å². The number of ether oxygens (including phenoxy) is 4. The quantitative estimate of drug-likeness (QED) is 0.277. The number of Topliss-reactive ketones (excluding diaryl/α,β-unsaturated/α-hetero) is 1. The molecule has 0 spiro atoms. The zero-order valence-electron chi connectivity index (χ0n) is 20.9. The zero-order chi connectivity index (χ0) is 25.1. The van der Waals surface area contributed by atoms with Gasteiger partial charge >= 0.3 is 5.97 Å². The number of methoxy groups -OCH3 is 2. The molecule has 0 aliphatic heterocycles. The van der Waals surface area contributed by atoms with Gasteiger partial charge in [0, 0.05) is 29.4 Å². The third-order valence-corrected chi connectivity index (χ3v) is 6.22. The number of carbonyl (C=O) groups is 2. The van der Waals surface area contributed by atoms with E-state index in [0.29, 0.717) is 17.9 Å². The van der Waals surface area contributed by atoms with E-state index in [4.69, 9.17) is 24.1 Å². The molecule has 188 valence electrons. The molecule has 1 aromatic carbocycles. The molecule has 8 nitrogen and oxygen atoms in total. The minimum absolute atomic E-state index is 0.0274. The number of aliphatic carboxylic acids is 1. The monoisotopic (exact) mass is 468 g/mol. The maximum Gasteiger partial charge on any atom is 0.306 e. The van der Waals surface area contributed by atoms with Gasteiger partial charge in [-0.25, -0.2) is 0 Å². The highest BCUT2D eigenvalue weighted by atomic mass is 16.7. The smallest absolute Gasteiger partial charge is 0.306 e. The van der Waals surface area contributed by atoms with Crippen molar-refractivity contribution in [1.82, 2.24) is 0 Å². The van der Waals surface area contributed by atoms with Crippen LogP contribution in [0.25, 0.3) is 0 Å². The molecule has 0 aromatic heterocycles. The van der Waals surface area contributed by atoms with Gasteiger partial charge in [-0.2, -0.15) is 0 Å². The number of carboxylic acid groups (broad SMARTS) is 1. The van der Waals surface area contributed by atoms with Gasteiger partial charge in [-0.1, -0.05) is 34.6 Å². The van der Waals surface area contributed by atoms with Gasteiger partial charge in [0.15, 0.2) is 0 Å². The summed E-state index contributed by atoms with van der Waals surface area (Å²) < 4.78 is 22.1. The fourth-order valence-electron chi connectivity index (χ4n) is 3.94. The molecule has 1 aromatic rings. The average molecular weight is 469 g/mol. The van der Waals surface area contributed by atoms with Gasteiger partial charge in [0.05, 0.1) is 39.0 Å². The lowest BCUT2D eigenvalue weighted by Gasteiger charge is -2.31. The number of aliphatic hydroxyl groups is 1. The van der Waals surface area contributed by atoms with Crippen molar-refractivity contribution >= 4 is 11.8 Å². The lowest BCUT2D eigenvalue weighted by Crippen LogP contribution is -2.40. The third-order valence-electron chi connectivity index (χ3n) is 6.22. The van der Waals surface area contributed by atoms with E-state index in [0.717, 1.165) is 5.56 Å². The molecule has 0 unspecified atom stereocenters. The molecule has 0 fully saturated rings. The van der Waals surface area contributed by atoms with Crippen LogP contribution in [-0.2, 0) is 25.7 Å². The van der Waals surface area contributed by atoms with Crippen LogP contribution in [0.5, 0.6) is 11.5 Å². The Bertz CT molecular complexity index is 750. The largest absolute Gasteiger partial charge is 0.497 e. The Morgan fingerprint density at radius 1 is 1.03 bits per heavy atom. The zero-order valence-corrected chi connectivity index (χ0v) is 20.9. The van der Waals surface area contributed by atoms with E-state index in [-0.39, 0.29) is 37.6 Å². The van der Waals surface area contributed by atoms with Gasteiger partial charge in [-0.3, -0.25) is 9.59 Å². The number of hydrogen-bond donors (Lipinski definition) is 2.